The van der Waals surface area contributed by atoms with Crippen molar-refractivity contribution in [3.8, 4) is 5.75 Å². The maximum Gasteiger partial charge on any atom is 0.220 e. The summed E-state index contributed by atoms with van der Waals surface area (Å²) in [6.07, 6.45) is 2.05. The third kappa shape index (κ3) is 3.97. The van der Waals surface area contributed by atoms with Gasteiger partial charge in [0, 0.05) is 18.4 Å². The fourth-order valence-corrected chi connectivity index (χ4v) is 3.27. The first-order valence-corrected chi connectivity index (χ1v) is 8.56. The van der Waals surface area contributed by atoms with Crippen LogP contribution in [0.4, 0.5) is 0 Å². The number of fused-ring (bicyclic) bond motifs is 1. The maximum absolute atomic E-state index is 12.4. The zero-order valence-corrected chi connectivity index (χ0v) is 14.6. The molecule has 0 saturated carbocycles. The number of rotatable bonds is 4. The van der Waals surface area contributed by atoms with Crippen LogP contribution in [0, 0.1) is 6.92 Å². The van der Waals surface area contributed by atoms with Crippen molar-refractivity contribution < 1.29 is 9.53 Å². The third-order valence-corrected chi connectivity index (χ3v) is 4.44. The lowest BCUT2D eigenvalue weighted by atomic mass is 9.89. The summed E-state index contributed by atoms with van der Waals surface area (Å²) in [6.45, 7) is 6.20. The zero-order valence-electron chi connectivity index (χ0n) is 14.6. The minimum atomic E-state index is -0.278. The molecule has 0 bridgehead atoms. The summed E-state index contributed by atoms with van der Waals surface area (Å²) in [4.78, 5) is 12.4. The van der Waals surface area contributed by atoms with Crippen LogP contribution >= 0.6 is 0 Å². The molecule has 2 aromatic rings. The molecule has 1 unspecified atom stereocenters. The van der Waals surface area contributed by atoms with E-state index in [1.807, 2.05) is 24.3 Å². The van der Waals surface area contributed by atoms with Gasteiger partial charge in [0.25, 0.3) is 0 Å². The Kier molecular flexibility index (Phi) is 4.61. The van der Waals surface area contributed by atoms with Crippen molar-refractivity contribution in [1.82, 2.24) is 5.32 Å². The maximum atomic E-state index is 12.4. The van der Waals surface area contributed by atoms with Crippen LogP contribution in [-0.4, -0.2) is 11.5 Å². The quantitative estimate of drug-likeness (QED) is 0.908. The minimum Gasteiger partial charge on any atom is -0.487 e. The number of amides is 1. The lowest BCUT2D eigenvalue weighted by Gasteiger charge is -2.38. The molecular formula is C21H25NO2. The Hall–Kier alpha value is -2.29. The normalized spacial score (nSPS) is 18.4. The summed E-state index contributed by atoms with van der Waals surface area (Å²) in [6, 6.07) is 16.3. The van der Waals surface area contributed by atoms with E-state index in [1.54, 1.807) is 0 Å². The average Bonchev–Trinajstić information content (AvgIpc) is 2.54. The molecule has 1 amide bonds. The van der Waals surface area contributed by atoms with Gasteiger partial charge < -0.3 is 10.1 Å². The number of carbonyl (C=O) groups is 1. The molecule has 1 N–H and O–H groups in total. The number of ether oxygens (including phenoxy) is 1. The second-order valence-electron chi connectivity index (χ2n) is 7.21. The van der Waals surface area contributed by atoms with Crippen LogP contribution in [0.3, 0.4) is 0 Å². The number of hydrogen-bond acceptors (Lipinski definition) is 2. The van der Waals surface area contributed by atoms with Gasteiger partial charge >= 0.3 is 0 Å². The zero-order chi connectivity index (χ0) is 17.2. The van der Waals surface area contributed by atoms with E-state index in [0.29, 0.717) is 6.42 Å². The molecule has 3 rings (SSSR count). The van der Waals surface area contributed by atoms with Crippen molar-refractivity contribution >= 4 is 5.91 Å². The van der Waals surface area contributed by atoms with Gasteiger partial charge in [0.1, 0.15) is 11.4 Å². The van der Waals surface area contributed by atoms with Crippen LogP contribution in [0.2, 0.25) is 0 Å². The standard InChI is InChI=1S/C21H25NO2/c1-15-9-11-19-17(13-15)18(14-21(2,3)24-19)22-20(23)12-10-16-7-5-4-6-8-16/h4-9,11,13,18H,10,12,14H2,1-3H3,(H,22,23). The highest BCUT2D eigenvalue weighted by Gasteiger charge is 2.34. The van der Waals surface area contributed by atoms with Gasteiger partial charge in [0.05, 0.1) is 6.04 Å². The van der Waals surface area contributed by atoms with Crippen LogP contribution in [0.1, 0.15) is 49.4 Å². The van der Waals surface area contributed by atoms with Crippen LogP contribution < -0.4 is 10.1 Å². The first-order valence-electron chi connectivity index (χ1n) is 8.56. The SMILES string of the molecule is Cc1ccc2c(c1)C(NC(=O)CCc1ccccc1)CC(C)(C)O2. The Labute approximate surface area is 144 Å². The van der Waals surface area contributed by atoms with Gasteiger partial charge in [-0.15, -0.1) is 0 Å². The fourth-order valence-electron chi connectivity index (χ4n) is 3.27. The van der Waals surface area contributed by atoms with Crippen LogP contribution in [0.15, 0.2) is 48.5 Å². The highest BCUT2D eigenvalue weighted by Crippen LogP contribution is 2.39. The molecule has 2 aromatic carbocycles. The summed E-state index contributed by atoms with van der Waals surface area (Å²) in [7, 11) is 0. The molecule has 126 valence electrons. The molecule has 0 spiro atoms. The Balaban J connectivity index is 1.70. The average molecular weight is 323 g/mol. The molecule has 1 aliphatic heterocycles. The number of nitrogens with one attached hydrogen (secondary N) is 1. The number of carbonyl (C=O) groups excluding carboxylic acids is 1. The molecule has 0 aromatic heterocycles. The van der Waals surface area contributed by atoms with E-state index in [0.717, 1.165) is 24.2 Å². The molecular weight excluding hydrogens is 298 g/mol. The second kappa shape index (κ2) is 6.68. The first-order chi connectivity index (χ1) is 11.4. The molecule has 0 fully saturated rings. The molecule has 0 radical (unpaired) electrons. The topological polar surface area (TPSA) is 38.3 Å². The van der Waals surface area contributed by atoms with E-state index in [-0.39, 0.29) is 17.6 Å². The van der Waals surface area contributed by atoms with E-state index in [4.69, 9.17) is 4.74 Å². The second-order valence-corrected chi connectivity index (χ2v) is 7.21. The fraction of sp³-hybridized carbons (Fsp3) is 0.381. The van der Waals surface area contributed by atoms with Gasteiger partial charge in [-0.2, -0.15) is 0 Å². The first kappa shape index (κ1) is 16.6. The Bertz CT molecular complexity index is 722. The van der Waals surface area contributed by atoms with E-state index in [1.165, 1.54) is 11.1 Å². The Morgan fingerprint density at radius 3 is 2.71 bits per heavy atom. The van der Waals surface area contributed by atoms with E-state index < -0.39 is 0 Å². The number of hydrogen-bond donors (Lipinski definition) is 1. The molecule has 3 heteroatoms. The lowest BCUT2D eigenvalue weighted by Crippen LogP contribution is -2.41. The van der Waals surface area contributed by atoms with Crippen molar-refractivity contribution in [2.45, 2.75) is 51.7 Å². The van der Waals surface area contributed by atoms with Crippen molar-refractivity contribution in [2.75, 3.05) is 0 Å². The predicted octanol–water partition coefficient (Wildman–Crippen LogP) is 4.35. The molecule has 3 nitrogen and oxygen atoms in total. The van der Waals surface area contributed by atoms with Gasteiger partial charge in [0.15, 0.2) is 0 Å². The van der Waals surface area contributed by atoms with Crippen molar-refractivity contribution in [3.63, 3.8) is 0 Å². The van der Waals surface area contributed by atoms with Gasteiger partial charge in [-0.25, -0.2) is 0 Å². The van der Waals surface area contributed by atoms with Crippen molar-refractivity contribution in [2.24, 2.45) is 0 Å². The van der Waals surface area contributed by atoms with Crippen LogP contribution in [0.25, 0.3) is 0 Å². The highest BCUT2D eigenvalue weighted by atomic mass is 16.5. The van der Waals surface area contributed by atoms with Crippen LogP contribution in [0.5, 0.6) is 5.75 Å². The summed E-state index contributed by atoms with van der Waals surface area (Å²) in [5.74, 6) is 0.971. The molecule has 1 aliphatic rings. The van der Waals surface area contributed by atoms with Gasteiger partial charge in [-0.05, 0) is 38.8 Å². The largest absolute Gasteiger partial charge is 0.487 e. The Morgan fingerprint density at radius 2 is 1.96 bits per heavy atom. The van der Waals surface area contributed by atoms with Gasteiger partial charge in [0.2, 0.25) is 5.91 Å². The van der Waals surface area contributed by atoms with E-state index >= 15 is 0 Å². The number of benzene rings is 2. The van der Waals surface area contributed by atoms with Gasteiger partial charge in [-0.3, -0.25) is 4.79 Å². The number of aryl methyl sites for hydroxylation is 2. The summed E-state index contributed by atoms with van der Waals surface area (Å²) >= 11 is 0. The predicted molar refractivity (Wildman–Crippen MR) is 96.1 cm³/mol. The van der Waals surface area contributed by atoms with E-state index in [2.05, 4.69) is 50.4 Å². The van der Waals surface area contributed by atoms with Gasteiger partial charge in [-0.1, -0.05) is 48.0 Å². The van der Waals surface area contributed by atoms with Crippen molar-refractivity contribution in [1.29, 1.82) is 0 Å². The molecule has 24 heavy (non-hydrogen) atoms. The molecule has 1 heterocycles. The molecule has 0 saturated heterocycles. The van der Waals surface area contributed by atoms with Crippen molar-refractivity contribution in [3.05, 3.63) is 65.2 Å². The smallest absolute Gasteiger partial charge is 0.220 e. The molecule has 0 aliphatic carbocycles. The summed E-state index contributed by atoms with van der Waals surface area (Å²) < 4.78 is 6.06. The monoisotopic (exact) mass is 323 g/mol. The van der Waals surface area contributed by atoms with Crippen LogP contribution in [-0.2, 0) is 11.2 Å². The Morgan fingerprint density at radius 1 is 1.21 bits per heavy atom. The minimum absolute atomic E-state index is 0.00641. The van der Waals surface area contributed by atoms with E-state index in [9.17, 15) is 4.79 Å². The third-order valence-electron chi connectivity index (χ3n) is 4.44. The molecule has 1 atom stereocenters. The lowest BCUT2D eigenvalue weighted by molar-refractivity contribution is -0.122. The summed E-state index contributed by atoms with van der Waals surface area (Å²) in [5.41, 5.74) is 3.18. The summed E-state index contributed by atoms with van der Waals surface area (Å²) in [5, 5.41) is 3.21. The highest BCUT2D eigenvalue weighted by molar-refractivity contribution is 5.77.